The van der Waals surface area contributed by atoms with Crippen molar-refractivity contribution in [1.29, 1.82) is 0 Å². The van der Waals surface area contributed by atoms with Crippen LogP contribution in [0, 0.1) is 7.14 Å². The van der Waals surface area contributed by atoms with Crippen LogP contribution in [-0.2, 0) is 12.6 Å². The van der Waals surface area contributed by atoms with Crippen LogP contribution in [0.15, 0.2) is 71.6 Å². The summed E-state index contributed by atoms with van der Waals surface area (Å²) < 4.78 is 34.1. The summed E-state index contributed by atoms with van der Waals surface area (Å²) in [4.78, 5) is -0.110. The van der Waals surface area contributed by atoms with Gasteiger partial charge in [-0.1, -0.05) is 75.2 Å². The molecular formula is C24H25Cl2IO3S+. The van der Waals surface area contributed by atoms with Crippen LogP contribution < -0.4 is 20.2 Å². The third-order valence-corrected chi connectivity index (χ3v) is 12.8. The third-order valence-electron chi connectivity index (χ3n) is 4.78. The zero-order chi connectivity index (χ0) is 22.8. The van der Waals surface area contributed by atoms with Gasteiger partial charge in [0.2, 0.25) is 0 Å². The predicted molar refractivity (Wildman–Crippen MR) is 123 cm³/mol. The van der Waals surface area contributed by atoms with Gasteiger partial charge in [-0.15, -0.1) is 0 Å². The van der Waals surface area contributed by atoms with E-state index in [-0.39, 0.29) is 14.9 Å². The smallest absolute Gasteiger partial charge is 0.190 e. The van der Waals surface area contributed by atoms with Gasteiger partial charge in [0.25, 0.3) is 0 Å². The van der Waals surface area contributed by atoms with Crippen molar-refractivity contribution < 1.29 is 31.2 Å². The zero-order valence-corrected chi connectivity index (χ0v) is 22.3. The molecule has 0 fully saturated rings. The van der Waals surface area contributed by atoms with E-state index in [0.29, 0.717) is 11.8 Å². The Labute approximate surface area is 202 Å². The summed E-state index contributed by atoms with van der Waals surface area (Å²) in [7, 11) is -4.11. The first-order chi connectivity index (χ1) is 14.6. The predicted octanol–water partition coefficient (Wildman–Crippen LogP) is 4.22. The number of hydrogen-bond donors (Lipinski definition) is 0. The minimum Gasteiger partial charge on any atom is -0.190 e. The lowest BCUT2D eigenvalue weighted by molar-refractivity contribution is -1.03. The quantitative estimate of drug-likeness (QED) is 0.387. The van der Waals surface area contributed by atoms with Crippen molar-refractivity contribution in [2.24, 2.45) is 0 Å². The third kappa shape index (κ3) is 6.02. The lowest BCUT2D eigenvalue weighted by Crippen LogP contribution is -3.85. The minimum atomic E-state index is -4.11. The SMILES string of the molecule is CC(C)c1ccc([I+](OS(=O)(=O)c2cc(Cl)ccc2Cl)c2ccc(C(C)C)cc2)cc1. The van der Waals surface area contributed by atoms with Crippen molar-refractivity contribution in [1.82, 2.24) is 0 Å². The van der Waals surface area contributed by atoms with E-state index in [0.717, 1.165) is 7.14 Å². The first-order valence-corrected chi connectivity index (χ1v) is 15.1. The second kappa shape index (κ2) is 10.2. The summed E-state index contributed by atoms with van der Waals surface area (Å²) in [6.07, 6.45) is 0. The molecule has 7 heteroatoms. The molecule has 31 heavy (non-hydrogen) atoms. The molecule has 3 rings (SSSR count). The maximum atomic E-state index is 13.2. The summed E-state index contributed by atoms with van der Waals surface area (Å²) in [5.41, 5.74) is 2.38. The summed E-state index contributed by atoms with van der Waals surface area (Å²) in [5, 5.41) is 0.375. The van der Waals surface area contributed by atoms with Gasteiger partial charge in [0.15, 0.2) is 7.14 Å². The van der Waals surface area contributed by atoms with Crippen LogP contribution in [0.3, 0.4) is 0 Å². The van der Waals surface area contributed by atoms with E-state index in [1.807, 2.05) is 48.5 Å². The van der Waals surface area contributed by atoms with Crippen LogP contribution in [0.2, 0.25) is 10.0 Å². The van der Waals surface area contributed by atoms with E-state index in [9.17, 15) is 8.42 Å². The van der Waals surface area contributed by atoms with Crippen molar-refractivity contribution in [2.75, 3.05) is 0 Å². The fourth-order valence-corrected chi connectivity index (χ4v) is 10.5. The molecule has 0 aliphatic heterocycles. The molecule has 0 spiro atoms. The van der Waals surface area contributed by atoms with Crippen LogP contribution in [0.1, 0.15) is 50.7 Å². The first-order valence-electron chi connectivity index (χ1n) is 9.88. The molecular weight excluding hydrogens is 566 g/mol. The summed E-state index contributed by atoms with van der Waals surface area (Å²) in [5.74, 6) is 0.771. The van der Waals surface area contributed by atoms with Gasteiger partial charge in [0, 0.05) is 5.02 Å². The number of rotatable bonds is 7. The fourth-order valence-electron chi connectivity index (χ4n) is 2.91. The van der Waals surface area contributed by atoms with Crippen LogP contribution in [0.5, 0.6) is 0 Å². The largest absolute Gasteiger partial charge is 0.337 e. The Bertz CT molecular complexity index is 1090. The van der Waals surface area contributed by atoms with Crippen molar-refractivity contribution >= 4 is 33.3 Å². The molecule has 3 aromatic rings. The van der Waals surface area contributed by atoms with E-state index in [2.05, 4.69) is 27.7 Å². The molecule has 165 valence electrons. The Kier molecular flexibility index (Phi) is 8.08. The normalized spacial score (nSPS) is 12.2. The number of benzene rings is 3. The van der Waals surface area contributed by atoms with Gasteiger partial charge in [0.1, 0.15) is 4.90 Å². The van der Waals surface area contributed by atoms with Gasteiger partial charge >= 0.3 is 30.4 Å². The molecule has 3 nitrogen and oxygen atoms in total. The van der Waals surface area contributed by atoms with Gasteiger partial charge in [-0.3, -0.25) is 0 Å². The maximum absolute atomic E-state index is 13.2. The molecule has 1 radical (unpaired) electrons. The Morgan fingerprint density at radius 3 is 1.61 bits per heavy atom. The Hall–Kier alpha value is -1.12. The van der Waals surface area contributed by atoms with Gasteiger partial charge in [-0.2, -0.15) is 8.42 Å². The van der Waals surface area contributed by atoms with Crippen LogP contribution in [0.4, 0.5) is 0 Å². The molecule has 0 aromatic heterocycles. The lowest BCUT2D eigenvalue weighted by atomic mass is 10.0. The number of hydrogen-bond acceptors (Lipinski definition) is 3. The van der Waals surface area contributed by atoms with Gasteiger partial charge in [0.05, 0.1) is 5.02 Å². The molecule has 0 bridgehead atoms. The highest BCUT2D eigenvalue weighted by Crippen LogP contribution is 2.25. The van der Waals surface area contributed by atoms with E-state index < -0.39 is 30.4 Å². The average Bonchev–Trinajstić information content (AvgIpc) is 2.74. The van der Waals surface area contributed by atoms with Crippen molar-refractivity contribution in [3.05, 3.63) is 95.0 Å². The number of halogens is 3. The van der Waals surface area contributed by atoms with E-state index in [1.54, 1.807) is 6.07 Å². The Morgan fingerprint density at radius 1 is 0.742 bits per heavy atom. The Balaban J connectivity index is 2.05. The van der Waals surface area contributed by atoms with Crippen molar-refractivity contribution in [3.8, 4) is 0 Å². The highest BCUT2D eigenvalue weighted by atomic mass is 127. The summed E-state index contributed by atoms with van der Waals surface area (Å²) >= 11 is 9.39. The van der Waals surface area contributed by atoms with E-state index >= 15 is 0 Å². The molecule has 0 N–H and O–H groups in total. The standard InChI is InChI=1S/C24H25Cl2IO3S/c1-16(2)18-5-10-21(11-6-18)27(22-12-7-19(8-13-22)17(3)4)30-31(28,29)24-15-20(25)9-14-23(24)26/h5-17H,1-4H3/q+1. The minimum absolute atomic E-state index is 0.0885. The molecule has 0 aliphatic carbocycles. The van der Waals surface area contributed by atoms with E-state index in [1.165, 1.54) is 23.3 Å². The average molecular weight is 591 g/mol. The first kappa shape index (κ1) is 24.5. The molecule has 0 aliphatic rings. The van der Waals surface area contributed by atoms with Crippen LogP contribution in [0.25, 0.3) is 0 Å². The molecule has 0 saturated heterocycles. The molecule has 0 amide bonds. The maximum Gasteiger partial charge on any atom is 0.337 e. The molecule has 0 unspecified atom stereocenters. The van der Waals surface area contributed by atoms with Gasteiger partial charge in [-0.25, -0.2) is 0 Å². The van der Waals surface area contributed by atoms with Gasteiger partial charge < -0.3 is 0 Å². The fraction of sp³-hybridized carbons (Fsp3) is 0.250. The molecule has 0 atom stereocenters. The summed E-state index contributed by atoms with van der Waals surface area (Å²) in [6, 6.07) is 20.4. The second-order valence-corrected chi connectivity index (χ2v) is 15.1. The van der Waals surface area contributed by atoms with Crippen molar-refractivity contribution in [2.45, 2.75) is 44.4 Å². The van der Waals surface area contributed by atoms with Crippen LogP contribution >= 0.6 is 23.2 Å². The topological polar surface area (TPSA) is 43.4 Å². The van der Waals surface area contributed by atoms with Crippen LogP contribution in [-0.4, -0.2) is 8.42 Å². The van der Waals surface area contributed by atoms with Gasteiger partial charge in [-0.05, 0) is 67.9 Å². The highest BCUT2D eigenvalue weighted by molar-refractivity contribution is 7.86. The summed E-state index contributed by atoms with van der Waals surface area (Å²) in [6.45, 7) is 8.49. The molecule has 0 heterocycles. The second-order valence-electron chi connectivity index (χ2n) is 7.75. The highest BCUT2D eigenvalue weighted by Gasteiger charge is 2.38. The lowest BCUT2D eigenvalue weighted by Gasteiger charge is -2.10. The molecule has 3 aromatic carbocycles. The monoisotopic (exact) mass is 590 g/mol. The zero-order valence-electron chi connectivity index (χ0n) is 17.8. The Morgan fingerprint density at radius 2 is 1.19 bits per heavy atom. The molecule has 0 saturated carbocycles. The van der Waals surface area contributed by atoms with Crippen molar-refractivity contribution in [3.63, 3.8) is 0 Å². The van der Waals surface area contributed by atoms with E-state index in [4.69, 9.17) is 25.7 Å².